The van der Waals surface area contributed by atoms with Crippen LogP contribution in [0.1, 0.15) is 19.8 Å². The van der Waals surface area contributed by atoms with E-state index in [1.54, 1.807) is 0 Å². The minimum atomic E-state index is -0.582. The highest BCUT2D eigenvalue weighted by molar-refractivity contribution is 5.52. The minimum Gasteiger partial charge on any atom is -0.369 e. The highest BCUT2D eigenvalue weighted by Crippen LogP contribution is 2.29. The van der Waals surface area contributed by atoms with Gasteiger partial charge in [0, 0.05) is 24.7 Å². The lowest BCUT2D eigenvalue weighted by molar-refractivity contribution is -0.385. The van der Waals surface area contributed by atoms with E-state index in [9.17, 15) is 14.5 Å². The fourth-order valence-corrected chi connectivity index (χ4v) is 2.36. The second kappa shape index (κ2) is 5.13. The van der Waals surface area contributed by atoms with Crippen LogP contribution in [0.3, 0.4) is 0 Å². The van der Waals surface area contributed by atoms with Gasteiger partial charge in [-0.3, -0.25) is 10.1 Å². The van der Waals surface area contributed by atoms with E-state index in [2.05, 4.69) is 12.2 Å². The molecular weight excluding hydrogens is 249 g/mol. The number of piperidine rings is 1. The second-order valence-electron chi connectivity index (χ2n) is 5.19. The van der Waals surface area contributed by atoms with Gasteiger partial charge in [-0.2, -0.15) is 0 Å². The van der Waals surface area contributed by atoms with Gasteiger partial charge in [-0.05, 0) is 32.9 Å². The molecule has 0 aliphatic carbocycles. The molecule has 1 aliphatic heterocycles. The van der Waals surface area contributed by atoms with Crippen LogP contribution in [-0.2, 0) is 0 Å². The van der Waals surface area contributed by atoms with Crippen LogP contribution in [0.4, 0.5) is 15.8 Å². The summed E-state index contributed by atoms with van der Waals surface area (Å²) in [7, 11) is 1.93. The Morgan fingerprint density at radius 1 is 1.42 bits per heavy atom. The monoisotopic (exact) mass is 267 g/mol. The maximum Gasteiger partial charge on any atom is 0.272 e. The molecule has 0 unspecified atom stereocenters. The third-order valence-electron chi connectivity index (χ3n) is 3.95. The molecule has 1 aromatic rings. The van der Waals surface area contributed by atoms with Crippen molar-refractivity contribution in [3.05, 3.63) is 34.1 Å². The third-order valence-corrected chi connectivity index (χ3v) is 3.95. The van der Waals surface area contributed by atoms with Crippen molar-refractivity contribution in [2.45, 2.75) is 25.3 Å². The van der Waals surface area contributed by atoms with Gasteiger partial charge in [0.25, 0.3) is 5.69 Å². The predicted molar refractivity (Wildman–Crippen MR) is 72.0 cm³/mol. The van der Waals surface area contributed by atoms with Gasteiger partial charge in [0.15, 0.2) is 5.82 Å². The summed E-state index contributed by atoms with van der Waals surface area (Å²) in [5, 5.41) is 13.9. The van der Waals surface area contributed by atoms with Crippen LogP contribution in [0.15, 0.2) is 18.2 Å². The standard InChI is InChI=1S/C13H18FN3O2/c1-13(15-2)5-7-16(8-6-13)12-4-3-10(17(18)19)9-11(12)14/h3-4,9,15H,5-8H2,1-2H3. The molecule has 0 aromatic heterocycles. The van der Waals surface area contributed by atoms with Crippen LogP contribution < -0.4 is 10.2 Å². The van der Waals surface area contributed by atoms with Crippen LogP contribution in [0, 0.1) is 15.9 Å². The Morgan fingerprint density at radius 2 is 2.05 bits per heavy atom. The van der Waals surface area contributed by atoms with Crippen molar-refractivity contribution < 1.29 is 9.31 Å². The summed E-state index contributed by atoms with van der Waals surface area (Å²) in [6, 6.07) is 3.83. The number of nitro benzene ring substituents is 1. The predicted octanol–water partition coefficient (Wildman–Crippen LogP) is 2.31. The molecular formula is C13H18FN3O2. The normalized spacial score (nSPS) is 18.4. The first-order valence-electron chi connectivity index (χ1n) is 6.33. The van der Waals surface area contributed by atoms with Crippen LogP contribution in [0.5, 0.6) is 0 Å². The number of nitrogens with zero attached hydrogens (tertiary/aromatic N) is 2. The van der Waals surface area contributed by atoms with E-state index in [0.29, 0.717) is 5.69 Å². The molecule has 104 valence electrons. The molecule has 1 aliphatic rings. The molecule has 2 rings (SSSR count). The highest BCUT2D eigenvalue weighted by atomic mass is 19.1. The van der Waals surface area contributed by atoms with E-state index in [0.717, 1.165) is 32.0 Å². The zero-order valence-corrected chi connectivity index (χ0v) is 11.1. The molecule has 5 nitrogen and oxygen atoms in total. The first-order valence-corrected chi connectivity index (χ1v) is 6.33. The smallest absolute Gasteiger partial charge is 0.272 e. The Bertz CT molecular complexity index is 485. The molecule has 1 aromatic carbocycles. The van der Waals surface area contributed by atoms with Gasteiger partial charge in [0.1, 0.15) is 0 Å². The summed E-state index contributed by atoms with van der Waals surface area (Å²) in [5.41, 5.74) is 0.329. The Labute approximate surface area is 111 Å². The van der Waals surface area contributed by atoms with E-state index >= 15 is 0 Å². The van der Waals surface area contributed by atoms with E-state index in [1.165, 1.54) is 12.1 Å². The lowest BCUT2D eigenvalue weighted by Crippen LogP contribution is -2.50. The topological polar surface area (TPSA) is 58.4 Å². The quantitative estimate of drug-likeness (QED) is 0.674. The van der Waals surface area contributed by atoms with Crippen LogP contribution in [0.25, 0.3) is 0 Å². The van der Waals surface area contributed by atoms with Gasteiger partial charge < -0.3 is 10.2 Å². The molecule has 1 heterocycles. The van der Waals surface area contributed by atoms with Crippen molar-refractivity contribution in [2.24, 2.45) is 0 Å². The first kappa shape index (κ1) is 13.7. The van der Waals surface area contributed by atoms with Crippen molar-refractivity contribution >= 4 is 11.4 Å². The maximum atomic E-state index is 13.9. The summed E-state index contributed by atoms with van der Waals surface area (Å²) in [6.45, 7) is 3.63. The number of non-ortho nitro benzene ring substituents is 1. The number of anilines is 1. The number of hydrogen-bond acceptors (Lipinski definition) is 4. The lowest BCUT2D eigenvalue weighted by atomic mass is 9.89. The van der Waals surface area contributed by atoms with Crippen molar-refractivity contribution in [2.75, 3.05) is 25.0 Å². The zero-order valence-electron chi connectivity index (χ0n) is 11.1. The summed E-state index contributed by atoms with van der Waals surface area (Å²) in [5.74, 6) is -0.526. The summed E-state index contributed by atoms with van der Waals surface area (Å²) < 4.78 is 13.9. The van der Waals surface area contributed by atoms with Crippen molar-refractivity contribution in [1.82, 2.24) is 5.32 Å². The summed E-state index contributed by atoms with van der Waals surface area (Å²) >= 11 is 0. The Hall–Kier alpha value is -1.69. The first-order chi connectivity index (χ1) is 8.95. The molecule has 1 saturated heterocycles. The van der Waals surface area contributed by atoms with Gasteiger partial charge in [0.2, 0.25) is 0 Å². The van der Waals surface area contributed by atoms with E-state index in [4.69, 9.17) is 0 Å². The number of nitro groups is 1. The number of hydrogen-bond donors (Lipinski definition) is 1. The number of halogens is 1. The number of benzene rings is 1. The number of nitrogens with one attached hydrogen (secondary N) is 1. The summed E-state index contributed by atoms with van der Waals surface area (Å²) in [4.78, 5) is 11.9. The van der Waals surface area contributed by atoms with E-state index in [-0.39, 0.29) is 11.2 Å². The largest absolute Gasteiger partial charge is 0.369 e. The zero-order chi connectivity index (χ0) is 14.0. The molecule has 0 saturated carbocycles. The van der Waals surface area contributed by atoms with Crippen molar-refractivity contribution in [3.63, 3.8) is 0 Å². The Morgan fingerprint density at radius 3 is 2.53 bits per heavy atom. The fourth-order valence-electron chi connectivity index (χ4n) is 2.36. The van der Waals surface area contributed by atoms with Gasteiger partial charge in [-0.1, -0.05) is 0 Å². The van der Waals surface area contributed by atoms with E-state index in [1.807, 2.05) is 11.9 Å². The molecule has 0 spiro atoms. The third kappa shape index (κ3) is 2.84. The average molecular weight is 267 g/mol. The summed E-state index contributed by atoms with van der Waals surface area (Å²) in [6.07, 6.45) is 1.83. The number of rotatable bonds is 3. The van der Waals surface area contributed by atoms with Gasteiger partial charge in [0.05, 0.1) is 16.7 Å². The maximum absolute atomic E-state index is 13.9. The Kier molecular flexibility index (Phi) is 3.71. The molecule has 0 radical (unpaired) electrons. The van der Waals surface area contributed by atoms with Crippen molar-refractivity contribution in [1.29, 1.82) is 0 Å². The van der Waals surface area contributed by atoms with Crippen LogP contribution in [0.2, 0.25) is 0 Å². The molecule has 0 amide bonds. The molecule has 1 N–H and O–H groups in total. The van der Waals surface area contributed by atoms with Crippen molar-refractivity contribution in [3.8, 4) is 0 Å². The van der Waals surface area contributed by atoms with Gasteiger partial charge in [-0.25, -0.2) is 4.39 Å². The van der Waals surface area contributed by atoms with Crippen LogP contribution in [-0.4, -0.2) is 30.6 Å². The lowest BCUT2D eigenvalue weighted by Gasteiger charge is -2.40. The second-order valence-corrected chi connectivity index (χ2v) is 5.19. The van der Waals surface area contributed by atoms with E-state index < -0.39 is 10.7 Å². The highest BCUT2D eigenvalue weighted by Gasteiger charge is 2.29. The molecule has 19 heavy (non-hydrogen) atoms. The van der Waals surface area contributed by atoms with Gasteiger partial charge in [-0.15, -0.1) is 0 Å². The van der Waals surface area contributed by atoms with Gasteiger partial charge >= 0.3 is 0 Å². The fraction of sp³-hybridized carbons (Fsp3) is 0.538. The minimum absolute atomic E-state index is 0.0910. The molecule has 0 atom stereocenters. The van der Waals surface area contributed by atoms with Crippen LogP contribution >= 0.6 is 0 Å². The molecule has 6 heteroatoms. The Balaban J connectivity index is 2.14. The molecule has 0 bridgehead atoms. The average Bonchev–Trinajstić information content (AvgIpc) is 2.40. The SMILES string of the molecule is CNC1(C)CCN(c2ccc([N+](=O)[O-])cc2F)CC1. The molecule has 1 fully saturated rings.